The highest BCUT2D eigenvalue weighted by atomic mass is 16.3. The third-order valence-corrected chi connectivity index (χ3v) is 4.07. The summed E-state index contributed by atoms with van der Waals surface area (Å²) in [5.41, 5.74) is 1.19. The normalized spacial score (nSPS) is 35.0. The molecule has 74 valence electrons. The van der Waals surface area contributed by atoms with Crippen LogP contribution in [0, 0.1) is 11.8 Å². The molecule has 0 aliphatic heterocycles. The molecule has 1 aromatic carbocycles. The molecule has 14 heavy (non-hydrogen) atoms. The highest BCUT2D eigenvalue weighted by Crippen LogP contribution is 2.54. The topological polar surface area (TPSA) is 20.2 Å². The number of hydrogen-bond donors (Lipinski definition) is 1. The average Bonchev–Trinajstić information content (AvgIpc) is 2.79. The van der Waals surface area contributed by atoms with E-state index in [4.69, 9.17) is 0 Å². The molecule has 1 heteroatoms. The molecular formula is C13H16O. The summed E-state index contributed by atoms with van der Waals surface area (Å²) in [6, 6.07) is 7.87. The summed E-state index contributed by atoms with van der Waals surface area (Å²) in [6.45, 7) is 0. The Morgan fingerprint density at radius 1 is 1.07 bits per heavy atom. The average molecular weight is 188 g/mol. The first-order valence-electron chi connectivity index (χ1n) is 5.62. The van der Waals surface area contributed by atoms with Crippen LogP contribution in [0.1, 0.15) is 37.2 Å². The van der Waals surface area contributed by atoms with E-state index in [1.54, 1.807) is 0 Å². The van der Waals surface area contributed by atoms with Crippen molar-refractivity contribution in [3.8, 4) is 5.75 Å². The molecule has 0 aromatic heterocycles. The quantitative estimate of drug-likeness (QED) is 0.717. The van der Waals surface area contributed by atoms with Crippen molar-refractivity contribution in [3.63, 3.8) is 0 Å². The standard InChI is InChI=1S/C13H16O/c14-13-4-2-1-3-11(13)12-8-9-5-6-10(12)7-9/h1-4,9-10,12,14H,5-8H2/t9-,10-,12+/m0/s1. The fraction of sp³-hybridized carbons (Fsp3) is 0.538. The maximum atomic E-state index is 9.80. The van der Waals surface area contributed by atoms with Crippen molar-refractivity contribution in [2.75, 3.05) is 0 Å². The van der Waals surface area contributed by atoms with Gasteiger partial charge in [0.05, 0.1) is 0 Å². The van der Waals surface area contributed by atoms with Crippen molar-refractivity contribution in [2.24, 2.45) is 11.8 Å². The minimum Gasteiger partial charge on any atom is -0.508 e. The molecular weight excluding hydrogens is 172 g/mol. The number of phenolic OH excluding ortho intramolecular Hbond substituents is 1. The van der Waals surface area contributed by atoms with Gasteiger partial charge >= 0.3 is 0 Å². The fourth-order valence-corrected chi connectivity index (χ4v) is 3.43. The molecule has 1 aromatic rings. The zero-order valence-corrected chi connectivity index (χ0v) is 8.32. The lowest BCUT2D eigenvalue weighted by Crippen LogP contribution is -2.08. The Morgan fingerprint density at radius 2 is 1.93 bits per heavy atom. The number of aromatic hydroxyl groups is 1. The number of benzene rings is 1. The van der Waals surface area contributed by atoms with E-state index in [9.17, 15) is 5.11 Å². The highest BCUT2D eigenvalue weighted by molar-refractivity contribution is 5.36. The van der Waals surface area contributed by atoms with Gasteiger partial charge < -0.3 is 5.11 Å². The Morgan fingerprint density at radius 3 is 2.57 bits per heavy atom. The Balaban J connectivity index is 1.93. The molecule has 2 fully saturated rings. The van der Waals surface area contributed by atoms with Gasteiger partial charge in [-0.1, -0.05) is 24.6 Å². The first-order chi connectivity index (χ1) is 6.84. The number of rotatable bonds is 1. The molecule has 0 heterocycles. The molecule has 0 radical (unpaired) electrons. The molecule has 2 aliphatic rings. The van der Waals surface area contributed by atoms with E-state index in [0.29, 0.717) is 11.7 Å². The van der Waals surface area contributed by atoms with E-state index in [-0.39, 0.29) is 0 Å². The Kier molecular flexibility index (Phi) is 1.79. The van der Waals surface area contributed by atoms with Gasteiger partial charge in [0.1, 0.15) is 5.75 Å². The van der Waals surface area contributed by atoms with Crippen LogP contribution in [0.15, 0.2) is 24.3 Å². The summed E-state index contributed by atoms with van der Waals surface area (Å²) in [6.07, 6.45) is 5.51. The van der Waals surface area contributed by atoms with Crippen molar-refractivity contribution in [1.82, 2.24) is 0 Å². The molecule has 3 rings (SSSR count). The van der Waals surface area contributed by atoms with Gasteiger partial charge in [0.25, 0.3) is 0 Å². The zero-order valence-electron chi connectivity index (χ0n) is 8.32. The molecule has 0 saturated heterocycles. The minimum absolute atomic E-state index is 0.505. The summed E-state index contributed by atoms with van der Waals surface area (Å²) in [7, 11) is 0. The first-order valence-corrected chi connectivity index (χ1v) is 5.62. The highest BCUT2D eigenvalue weighted by Gasteiger charge is 2.40. The van der Waals surface area contributed by atoms with E-state index >= 15 is 0 Å². The second-order valence-electron chi connectivity index (χ2n) is 4.84. The number of phenols is 1. The lowest BCUT2D eigenvalue weighted by atomic mass is 9.83. The van der Waals surface area contributed by atoms with Gasteiger partial charge in [-0.2, -0.15) is 0 Å². The molecule has 0 amide bonds. The van der Waals surface area contributed by atoms with Gasteiger partial charge in [-0.05, 0) is 48.6 Å². The van der Waals surface area contributed by atoms with Gasteiger partial charge in [0, 0.05) is 0 Å². The van der Waals surface area contributed by atoms with Crippen molar-refractivity contribution < 1.29 is 5.11 Å². The zero-order chi connectivity index (χ0) is 9.54. The van der Waals surface area contributed by atoms with E-state index in [0.717, 1.165) is 11.8 Å². The van der Waals surface area contributed by atoms with Crippen molar-refractivity contribution in [3.05, 3.63) is 29.8 Å². The minimum atomic E-state index is 0.505. The molecule has 0 unspecified atom stereocenters. The number of hydrogen-bond acceptors (Lipinski definition) is 1. The van der Waals surface area contributed by atoms with Crippen LogP contribution in [0.3, 0.4) is 0 Å². The van der Waals surface area contributed by atoms with Crippen LogP contribution < -0.4 is 0 Å². The summed E-state index contributed by atoms with van der Waals surface area (Å²) in [4.78, 5) is 0. The summed E-state index contributed by atoms with van der Waals surface area (Å²) in [5.74, 6) is 2.96. The third kappa shape index (κ3) is 1.15. The Labute approximate surface area is 84.8 Å². The molecule has 1 nitrogen and oxygen atoms in total. The van der Waals surface area contributed by atoms with E-state index in [1.807, 2.05) is 18.2 Å². The van der Waals surface area contributed by atoms with E-state index in [1.165, 1.54) is 31.2 Å². The van der Waals surface area contributed by atoms with Gasteiger partial charge in [-0.25, -0.2) is 0 Å². The van der Waals surface area contributed by atoms with Gasteiger partial charge in [-0.15, -0.1) is 0 Å². The maximum absolute atomic E-state index is 9.80. The monoisotopic (exact) mass is 188 g/mol. The van der Waals surface area contributed by atoms with Crippen LogP contribution in [0.5, 0.6) is 5.75 Å². The summed E-state index contributed by atoms with van der Waals surface area (Å²) in [5, 5.41) is 9.80. The number of para-hydroxylation sites is 1. The third-order valence-electron chi connectivity index (χ3n) is 4.07. The predicted molar refractivity (Wildman–Crippen MR) is 56.3 cm³/mol. The molecule has 0 spiro atoms. The lowest BCUT2D eigenvalue weighted by Gasteiger charge is -2.22. The maximum Gasteiger partial charge on any atom is 0.119 e. The number of fused-ring (bicyclic) bond motifs is 2. The van der Waals surface area contributed by atoms with Crippen LogP contribution in [0.4, 0.5) is 0 Å². The largest absolute Gasteiger partial charge is 0.508 e. The molecule has 2 saturated carbocycles. The smallest absolute Gasteiger partial charge is 0.119 e. The summed E-state index contributed by atoms with van der Waals surface area (Å²) < 4.78 is 0. The van der Waals surface area contributed by atoms with Crippen molar-refractivity contribution in [2.45, 2.75) is 31.6 Å². The van der Waals surface area contributed by atoms with E-state index < -0.39 is 0 Å². The molecule has 2 aliphatic carbocycles. The second kappa shape index (κ2) is 3.01. The lowest BCUT2D eigenvalue weighted by molar-refractivity contribution is 0.397. The fourth-order valence-electron chi connectivity index (χ4n) is 3.43. The van der Waals surface area contributed by atoms with Crippen LogP contribution in [-0.4, -0.2) is 5.11 Å². The van der Waals surface area contributed by atoms with Crippen molar-refractivity contribution >= 4 is 0 Å². The second-order valence-corrected chi connectivity index (χ2v) is 4.84. The van der Waals surface area contributed by atoms with Gasteiger partial charge in [0.15, 0.2) is 0 Å². The summed E-state index contributed by atoms with van der Waals surface area (Å²) >= 11 is 0. The van der Waals surface area contributed by atoms with Crippen LogP contribution in [0.25, 0.3) is 0 Å². The SMILES string of the molecule is Oc1ccccc1[C@@H]1C[C@H]2CC[C@H]1C2. The van der Waals surface area contributed by atoms with Gasteiger partial charge in [0.2, 0.25) is 0 Å². The van der Waals surface area contributed by atoms with Gasteiger partial charge in [-0.3, -0.25) is 0 Å². The first kappa shape index (κ1) is 8.34. The van der Waals surface area contributed by atoms with Crippen molar-refractivity contribution in [1.29, 1.82) is 0 Å². The molecule has 2 bridgehead atoms. The predicted octanol–water partition coefficient (Wildman–Crippen LogP) is 3.30. The Hall–Kier alpha value is -0.980. The molecule has 3 atom stereocenters. The van der Waals surface area contributed by atoms with Crippen LogP contribution in [-0.2, 0) is 0 Å². The Bertz CT molecular complexity index is 345. The van der Waals surface area contributed by atoms with Crippen LogP contribution >= 0.6 is 0 Å². The van der Waals surface area contributed by atoms with E-state index in [2.05, 4.69) is 6.07 Å². The molecule has 1 N–H and O–H groups in total. The van der Waals surface area contributed by atoms with Crippen LogP contribution in [0.2, 0.25) is 0 Å².